The molecule has 0 N–H and O–H groups in total. The minimum absolute atomic E-state index is 0.290. The number of ether oxygens (including phenoxy) is 2. The van der Waals surface area contributed by atoms with Gasteiger partial charge in [0.05, 0.1) is 18.0 Å². The van der Waals surface area contributed by atoms with Crippen LogP contribution in [0.1, 0.15) is 18.2 Å². The van der Waals surface area contributed by atoms with Gasteiger partial charge in [-0.25, -0.2) is 9.78 Å². The Bertz CT molecular complexity index is 818. The monoisotopic (exact) mass is 316 g/mol. The summed E-state index contributed by atoms with van der Waals surface area (Å²) < 4.78 is 11.9. The summed E-state index contributed by atoms with van der Waals surface area (Å²) in [6.45, 7) is 5.97. The topological polar surface area (TPSA) is 52.8 Å². The fourth-order valence-corrected chi connectivity index (χ4v) is 3.07. The van der Waals surface area contributed by atoms with Gasteiger partial charge in [0.25, 0.3) is 0 Å². The Kier molecular flexibility index (Phi) is 3.85. The van der Waals surface area contributed by atoms with Gasteiger partial charge in [0.1, 0.15) is 0 Å². The molecule has 0 bridgehead atoms. The molecule has 1 aromatic carbocycles. The van der Waals surface area contributed by atoms with Crippen molar-refractivity contribution in [2.45, 2.75) is 20.8 Å². The van der Waals surface area contributed by atoms with Crippen molar-refractivity contribution < 1.29 is 14.3 Å². The van der Waals surface area contributed by atoms with Crippen molar-refractivity contribution in [3.63, 3.8) is 0 Å². The Labute approximate surface area is 132 Å². The number of aromatic nitrogens is 2. The number of thiazole rings is 1. The van der Waals surface area contributed by atoms with Crippen LogP contribution in [0, 0.1) is 13.8 Å². The molecule has 3 rings (SSSR count). The summed E-state index contributed by atoms with van der Waals surface area (Å²) in [5, 5.41) is 0.511. The molecule has 0 aliphatic heterocycles. The highest BCUT2D eigenvalue weighted by atomic mass is 32.1. The summed E-state index contributed by atoms with van der Waals surface area (Å²) in [6, 6.07) is 8.22. The van der Waals surface area contributed by atoms with Crippen molar-refractivity contribution in [3.8, 4) is 16.3 Å². The second-order valence-electron chi connectivity index (χ2n) is 4.90. The molecule has 0 atom stereocenters. The zero-order chi connectivity index (χ0) is 15.7. The van der Waals surface area contributed by atoms with Gasteiger partial charge in [-0.05, 0) is 20.8 Å². The number of hydrogen-bond donors (Lipinski definition) is 0. The van der Waals surface area contributed by atoms with Crippen molar-refractivity contribution in [1.29, 1.82) is 0 Å². The van der Waals surface area contributed by atoms with Gasteiger partial charge in [-0.3, -0.25) is 4.40 Å². The molecule has 0 saturated carbocycles. The molecule has 0 aliphatic carbocycles. The summed E-state index contributed by atoms with van der Waals surface area (Å²) in [5.41, 5.74) is 4.01. The third-order valence-electron chi connectivity index (χ3n) is 3.30. The molecular formula is C16H16N2O3S. The van der Waals surface area contributed by atoms with Crippen LogP contribution in [0.5, 0.6) is 5.06 Å². The van der Waals surface area contributed by atoms with Gasteiger partial charge in [-0.1, -0.05) is 41.2 Å². The first kappa shape index (κ1) is 14.6. The number of aryl methyl sites for hydroxylation is 2. The van der Waals surface area contributed by atoms with E-state index in [1.54, 1.807) is 6.92 Å². The van der Waals surface area contributed by atoms with Gasteiger partial charge in [-0.15, -0.1) is 0 Å². The molecule has 0 fully saturated rings. The molecule has 2 heterocycles. The summed E-state index contributed by atoms with van der Waals surface area (Å²) >= 11 is 1.33. The number of imidazole rings is 1. The van der Waals surface area contributed by atoms with E-state index in [0.29, 0.717) is 5.06 Å². The average molecular weight is 316 g/mol. The Morgan fingerprint density at radius 1 is 1.27 bits per heavy atom. The Hall–Kier alpha value is -2.34. The maximum Gasteiger partial charge on any atom is 0.514 e. The van der Waals surface area contributed by atoms with Crippen molar-refractivity contribution in [3.05, 3.63) is 41.7 Å². The molecule has 5 nitrogen and oxygen atoms in total. The maximum atomic E-state index is 11.4. The Balaban J connectivity index is 1.92. The molecule has 3 aromatic rings. The molecule has 0 amide bonds. The van der Waals surface area contributed by atoms with Crippen LogP contribution in [0.25, 0.3) is 16.2 Å². The van der Waals surface area contributed by atoms with Crippen LogP contribution in [-0.2, 0) is 4.74 Å². The van der Waals surface area contributed by atoms with Crippen LogP contribution in [0.3, 0.4) is 0 Å². The first-order chi connectivity index (χ1) is 10.6. The standard InChI is InChI=1S/C16H16N2O3S/c1-4-20-16(19)21-14-11(3)18-9-13(17-15(18)22-14)12-7-5-10(2)6-8-12/h5-9H,4H2,1-3H3. The van der Waals surface area contributed by atoms with E-state index in [9.17, 15) is 4.79 Å². The summed E-state index contributed by atoms with van der Waals surface area (Å²) in [5.74, 6) is 0. The number of fused-ring (bicyclic) bond motifs is 1. The lowest BCUT2D eigenvalue weighted by atomic mass is 10.1. The Morgan fingerprint density at radius 3 is 2.64 bits per heavy atom. The SMILES string of the molecule is CCOC(=O)Oc1sc2nc(-c3ccc(C)cc3)cn2c1C. The smallest absolute Gasteiger partial charge is 0.434 e. The second kappa shape index (κ2) is 5.81. The molecule has 0 radical (unpaired) electrons. The van der Waals surface area contributed by atoms with Gasteiger partial charge < -0.3 is 9.47 Å². The molecule has 6 heteroatoms. The van der Waals surface area contributed by atoms with Gasteiger partial charge >= 0.3 is 6.16 Å². The first-order valence-corrected chi connectivity index (χ1v) is 7.80. The highest BCUT2D eigenvalue weighted by Gasteiger charge is 2.16. The zero-order valence-corrected chi connectivity index (χ0v) is 13.4. The van der Waals surface area contributed by atoms with Crippen molar-refractivity contribution >= 4 is 22.5 Å². The maximum absolute atomic E-state index is 11.4. The lowest BCUT2D eigenvalue weighted by Crippen LogP contribution is -2.09. The highest BCUT2D eigenvalue weighted by Crippen LogP contribution is 2.32. The van der Waals surface area contributed by atoms with Crippen molar-refractivity contribution in [2.24, 2.45) is 0 Å². The molecule has 0 aliphatic rings. The molecule has 0 unspecified atom stereocenters. The third kappa shape index (κ3) is 2.69. The average Bonchev–Trinajstić information content (AvgIpc) is 3.01. The Morgan fingerprint density at radius 2 is 2.00 bits per heavy atom. The summed E-state index contributed by atoms with van der Waals surface area (Å²) in [7, 11) is 0. The van der Waals surface area contributed by atoms with E-state index >= 15 is 0 Å². The number of hydrogen-bond acceptors (Lipinski definition) is 5. The van der Waals surface area contributed by atoms with E-state index in [4.69, 9.17) is 9.47 Å². The van der Waals surface area contributed by atoms with Gasteiger partial charge in [-0.2, -0.15) is 0 Å². The quantitative estimate of drug-likeness (QED) is 0.679. The molecule has 114 valence electrons. The lowest BCUT2D eigenvalue weighted by molar-refractivity contribution is 0.105. The number of benzene rings is 1. The minimum Gasteiger partial charge on any atom is -0.434 e. The van der Waals surface area contributed by atoms with Gasteiger partial charge in [0.15, 0.2) is 4.96 Å². The molecule has 2 aromatic heterocycles. The van der Waals surface area contributed by atoms with Crippen LogP contribution in [0.2, 0.25) is 0 Å². The van der Waals surface area contributed by atoms with E-state index < -0.39 is 6.16 Å². The van der Waals surface area contributed by atoms with Crippen LogP contribution < -0.4 is 4.74 Å². The van der Waals surface area contributed by atoms with Crippen molar-refractivity contribution in [1.82, 2.24) is 9.38 Å². The van der Waals surface area contributed by atoms with Crippen molar-refractivity contribution in [2.75, 3.05) is 6.61 Å². The van der Waals surface area contributed by atoms with Crippen LogP contribution in [-0.4, -0.2) is 22.1 Å². The minimum atomic E-state index is -0.686. The second-order valence-corrected chi connectivity index (χ2v) is 5.84. The third-order valence-corrected chi connectivity index (χ3v) is 4.33. The fraction of sp³-hybridized carbons (Fsp3) is 0.250. The molecule has 0 spiro atoms. The molecular weight excluding hydrogens is 300 g/mol. The van der Waals surface area contributed by atoms with E-state index in [2.05, 4.69) is 24.0 Å². The molecule has 0 saturated heterocycles. The van der Waals surface area contributed by atoms with Crippen LogP contribution in [0.4, 0.5) is 4.79 Å². The van der Waals surface area contributed by atoms with Gasteiger partial charge in [0, 0.05) is 11.8 Å². The fourth-order valence-electron chi connectivity index (χ4n) is 2.11. The number of nitrogens with zero attached hydrogens (tertiary/aromatic N) is 2. The predicted octanol–water partition coefficient (Wildman–Crippen LogP) is 4.21. The largest absolute Gasteiger partial charge is 0.514 e. The lowest BCUT2D eigenvalue weighted by Gasteiger charge is -2.02. The first-order valence-electron chi connectivity index (χ1n) is 6.98. The van der Waals surface area contributed by atoms with Crippen LogP contribution >= 0.6 is 11.3 Å². The van der Waals surface area contributed by atoms with E-state index in [1.165, 1.54) is 16.9 Å². The van der Waals surface area contributed by atoms with Gasteiger partial charge in [0.2, 0.25) is 5.06 Å². The predicted molar refractivity (Wildman–Crippen MR) is 85.6 cm³/mol. The normalized spacial score (nSPS) is 10.9. The van der Waals surface area contributed by atoms with E-state index in [-0.39, 0.29) is 6.61 Å². The summed E-state index contributed by atoms with van der Waals surface area (Å²) in [6.07, 6.45) is 1.26. The number of rotatable bonds is 3. The number of carbonyl (C=O) groups is 1. The number of carbonyl (C=O) groups excluding carboxylic acids is 1. The van der Waals surface area contributed by atoms with Crippen LogP contribution in [0.15, 0.2) is 30.5 Å². The molecule has 22 heavy (non-hydrogen) atoms. The van der Waals surface area contributed by atoms with E-state index in [1.807, 2.05) is 29.7 Å². The van der Waals surface area contributed by atoms with E-state index in [0.717, 1.165) is 21.9 Å². The zero-order valence-electron chi connectivity index (χ0n) is 12.6. The highest BCUT2D eigenvalue weighted by molar-refractivity contribution is 7.19. The summed E-state index contributed by atoms with van der Waals surface area (Å²) in [4.78, 5) is 16.8.